The van der Waals surface area contributed by atoms with Crippen molar-refractivity contribution in [3.05, 3.63) is 47.7 Å². The van der Waals surface area contributed by atoms with Gasteiger partial charge in [-0.05, 0) is 30.3 Å². The minimum absolute atomic E-state index is 0.134. The van der Waals surface area contributed by atoms with Gasteiger partial charge in [-0.3, -0.25) is 0 Å². The number of halogens is 3. The van der Waals surface area contributed by atoms with Crippen LogP contribution in [0, 0.1) is 11.3 Å². The zero-order valence-electron chi connectivity index (χ0n) is 10.4. The topological polar surface area (TPSA) is 45.9 Å². The lowest BCUT2D eigenvalue weighted by atomic mass is 10.1. The average molecular weight is 278 g/mol. The summed E-state index contributed by atoms with van der Waals surface area (Å²) in [4.78, 5) is 3.58. The Bertz CT molecular complexity index is 675. The summed E-state index contributed by atoms with van der Waals surface area (Å²) >= 11 is 0. The van der Waals surface area contributed by atoms with E-state index >= 15 is 0 Å². The Morgan fingerprint density at radius 1 is 1.20 bits per heavy atom. The first-order valence-electron chi connectivity index (χ1n) is 5.58. The average Bonchev–Trinajstić information content (AvgIpc) is 2.46. The molecule has 0 bridgehead atoms. The lowest BCUT2D eigenvalue weighted by molar-refractivity contribution is -0.141. The quantitative estimate of drug-likeness (QED) is 0.842. The van der Waals surface area contributed by atoms with Crippen LogP contribution in [0.25, 0.3) is 11.3 Å². The van der Waals surface area contributed by atoms with Crippen molar-refractivity contribution >= 4 is 0 Å². The Balaban J connectivity index is 2.54. The Kier molecular flexibility index (Phi) is 3.61. The molecule has 6 heteroatoms. The maximum Gasteiger partial charge on any atom is 0.433 e. The Morgan fingerprint density at radius 2 is 1.95 bits per heavy atom. The molecular formula is C14H9F3N2O. The van der Waals surface area contributed by atoms with Crippen LogP contribution in [0.1, 0.15) is 11.3 Å². The summed E-state index contributed by atoms with van der Waals surface area (Å²) in [6.45, 7) is 0. The van der Waals surface area contributed by atoms with Crippen LogP contribution in [-0.2, 0) is 6.18 Å². The number of hydrogen-bond donors (Lipinski definition) is 0. The molecule has 0 saturated carbocycles. The molecule has 102 valence electrons. The molecular weight excluding hydrogens is 269 g/mol. The summed E-state index contributed by atoms with van der Waals surface area (Å²) in [6.07, 6.45) is -4.51. The molecule has 0 aliphatic rings. The molecule has 0 unspecified atom stereocenters. The van der Waals surface area contributed by atoms with Crippen LogP contribution in [0.5, 0.6) is 5.75 Å². The van der Waals surface area contributed by atoms with Crippen molar-refractivity contribution in [2.24, 2.45) is 0 Å². The second-order valence-electron chi connectivity index (χ2n) is 3.97. The largest absolute Gasteiger partial charge is 0.497 e. The standard InChI is InChI=1S/C14H9F3N2O/c1-20-11-6-9(8-18)5-10(7-11)12-3-2-4-13(19-12)14(15,16)17/h2-7H,1H3. The number of benzene rings is 1. The predicted molar refractivity (Wildman–Crippen MR) is 65.9 cm³/mol. The zero-order valence-corrected chi connectivity index (χ0v) is 10.4. The van der Waals surface area contributed by atoms with E-state index in [0.29, 0.717) is 16.9 Å². The fourth-order valence-corrected chi connectivity index (χ4v) is 1.68. The highest BCUT2D eigenvalue weighted by Gasteiger charge is 2.32. The molecule has 20 heavy (non-hydrogen) atoms. The summed E-state index contributed by atoms with van der Waals surface area (Å²) < 4.78 is 42.9. The van der Waals surface area contributed by atoms with E-state index in [-0.39, 0.29) is 5.69 Å². The number of methoxy groups -OCH3 is 1. The maximum atomic E-state index is 12.6. The van der Waals surface area contributed by atoms with Crippen molar-refractivity contribution in [3.8, 4) is 23.1 Å². The third-order valence-corrected chi connectivity index (χ3v) is 2.61. The van der Waals surface area contributed by atoms with Crippen molar-refractivity contribution < 1.29 is 17.9 Å². The van der Waals surface area contributed by atoms with E-state index in [1.54, 1.807) is 0 Å². The lowest BCUT2D eigenvalue weighted by Crippen LogP contribution is -2.08. The van der Waals surface area contributed by atoms with Crippen molar-refractivity contribution in [2.75, 3.05) is 7.11 Å². The van der Waals surface area contributed by atoms with Crippen LogP contribution >= 0.6 is 0 Å². The first kappa shape index (κ1) is 13.9. The number of ether oxygens (including phenoxy) is 1. The highest BCUT2D eigenvalue weighted by Crippen LogP contribution is 2.30. The Labute approximate surface area is 113 Å². The highest BCUT2D eigenvalue weighted by molar-refractivity contribution is 5.64. The van der Waals surface area contributed by atoms with Gasteiger partial charge in [0.05, 0.1) is 24.4 Å². The molecule has 0 aliphatic heterocycles. The Morgan fingerprint density at radius 3 is 2.55 bits per heavy atom. The van der Waals surface area contributed by atoms with Gasteiger partial charge in [-0.1, -0.05) is 6.07 Å². The number of hydrogen-bond acceptors (Lipinski definition) is 3. The van der Waals surface area contributed by atoms with Crippen molar-refractivity contribution in [3.63, 3.8) is 0 Å². The molecule has 2 aromatic rings. The van der Waals surface area contributed by atoms with E-state index in [1.165, 1.54) is 37.4 Å². The molecule has 0 aliphatic carbocycles. The molecule has 2 rings (SSSR count). The van der Waals surface area contributed by atoms with Gasteiger partial charge in [0, 0.05) is 5.56 Å². The minimum Gasteiger partial charge on any atom is -0.497 e. The number of rotatable bonds is 2. The molecule has 0 saturated heterocycles. The summed E-state index contributed by atoms with van der Waals surface area (Å²) in [5, 5.41) is 8.91. The molecule has 0 amide bonds. The molecule has 0 N–H and O–H groups in total. The summed E-state index contributed by atoms with van der Waals surface area (Å²) in [7, 11) is 1.42. The van der Waals surface area contributed by atoms with Crippen LogP contribution in [0.4, 0.5) is 13.2 Å². The summed E-state index contributed by atoms with van der Waals surface area (Å²) in [5.41, 5.74) is -0.155. The van der Waals surface area contributed by atoms with Crippen molar-refractivity contribution in [2.45, 2.75) is 6.18 Å². The third kappa shape index (κ3) is 2.88. The van der Waals surface area contributed by atoms with Gasteiger partial charge in [0.1, 0.15) is 11.4 Å². The second-order valence-corrected chi connectivity index (χ2v) is 3.97. The minimum atomic E-state index is -4.51. The lowest BCUT2D eigenvalue weighted by Gasteiger charge is -2.09. The molecule has 0 spiro atoms. The van der Waals surface area contributed by atoms with Gasteiger partial charge in [-0.15, -0.1) is 0 Å². The van der Waals surface area contributed by atoms with E-state index < -0.39 is 11.9 Å². The monoisotopic (exact) mass is 278 g/mol. The number of aromatic nitrogens is 1. The molecule has 0 radical (unpaired) electrons. The second kappa shape index (κ2) is 5.21. The summed E-state index contributed by atoms with van der Waals surface area (Å²) in [5.74, 6) is 0.387. The van der Waals surface area contributed by atoms with Crippen molar-refractivity contribution in [1.82, 2.24) is 4.98 Å². The van der Waals surface area contributed by atoms with Crippen LogP contribution in [-0.4, -0.2) is 12.1 Å². The fourth-order valence-electron chi connectivity index (χ4n) is 1.68. The van der Waals surface area contributed by atoms with E-state index in [0.717, 1.165) is 6.07 Å². The van der Waals surface area contributed by atoms with Gasteiger partial charge < -0.3 is 4.74 Å². The van der Waals surface area contributed by atoms with Gasteiger partial charge >= 0.3 is 6.18 Å². The molecule has 1 aromatic carbocycles. The normalized spacial score (nSPS) is 10.9. The van der Waals surface area contributed by atoms with Crippen LogP contribution in [0.3, 0.4) is 0 Å². The number of nitriles is 1. The van der Waals surface area contributed by atoms with E-state index in [4.69, 9.17) is 10.00 Å². The van der Waals surface area contributed by atoms with E-state index in [2.05, 4.69) is 4.98 Å². The number of pyridine rings is 1. The molecule has 1 aromatic heterocycles. The molecule has 3 nitrogen and oxygen atoms in total. The molecule has 0 fully saturated rings. The Hall–Kier alpha value is -2.55. The smallest absolute Gasteiger partial charge is 0.433 e. The van der Waals surface area contributed by atoms with Crippen molar-refractivity contribution in [1.29, 1.82) is 5.26 Å². The molecule has 0 atom stereocenters. The van der Waals surface area contributed by atoms with Gasteiger partial charge in [-0.25, -0.2) is 4.98 Å². The molecule has 1 heterocycles. The zero-order chi connectivity index (χ0) is 14.8. The van der Waals surface area contributed by atoms with Gasteiger partial charge in [0.2, 0.25) is 0 Å². The van der Waals surface area contributed by atoms with Crippen LogP contribution in [0.15, 0.2) is 36.4 Å². The van der Waals surface area contributed by atoms with Gasteiger partial charge in [-0.2, -0.15) is 18.4 Å². The number of nitrogens with zero attached hydrogens (tertiary/aromatic N) is 2. The first-order valence-corrected chi connectivity index (χ1v) is 5.58. The van der Waals surface area contributed by atoms with E-state index in [1.807, 2.05) is 6.07 Å². The number of alkyl halides is 3. The fraction of sp³-hybridized carbons (Fsp3) is 0.143. The van der Waals surface area contributed by atoms with Gasteiger partial charge in [0.15, 0.2) is 0 Å². The van der Waals surface area contributed by atoms with Gasteiger partial charge in [0.25, 0.3) is 0 Å². The summed E-state index contributed by atoms with van der Waals surface area (Å²) in [6, 6.07) is 10.0. The maximum absolute atomic E-state index is 12.6. The third-order valence-electron chi connectivity index (χ3n) is 2.61. The van der Waals surface area contributed by atoms with E-state index in [9.17, 15) is 13.2 Å². The SMILES string of the molecule is COc1cc(C#N)cc(-c2cccc(C(F)(F)F)n2)c1. The predicted octanol–water partition coefficient (Wildman–Crippen LogP) is 3.65. The first-order chi connectivity index (χ1) is 9.44. The van der Waals surface area contributed by atoms with Crippen LogP contribution < -0.4 is 4.74 Å². The highest BCUT2D eigenvalue weighted by atomic mass is 19.4. The van der Waals surface area contributed by atoms with Crippen LogP contribution in [0.2, 0.25) is 0 Å².